The van der Waals surface area contributed by atoms with Gasteiger partial charge in [-0.05, 0) is 43.2 Å². The first-order chi connectivity index (χ1) is 9.28. The van der Waals surface area contributed by atoms with Crippen LogP contribution in [0.4, 0.5) is 0 Å². The lowest BCUT2D eigenvalue weighted by Crippen LogP contribution is -2.25. The van der Waals surface area contributed by atoms with Gasteiger partial charge in [-0.1, -0.05) is 12.1 Å². The standard InChI is InChI=1S/C16H18N2O/c1-13(7-8-16-6-3-9-19-16)18-12-15-5-2-4-14(10-15)11-17/h2-6,9-10,13,18H,7-8,12H2,1H3. The van der Waals surface area contributed by atoms with E-state index in [0.29, 0.717) is 11.6 Å². The van der Waals surface area contributed by atoms with Crippen molar-refractivity contribution < 1.29 is 4.42 Å². The van der Waals surface area contributed by atoms with E-state index in [1.54, 1.807) is 6.26 Å². The molecule has 0 saturated heterocycles. The van der Waals surface area contributed by atoms with Crippen LogP contribution in [0.2, 0.25) is 0 Å². The Morgan fingerprint density at radius 2 is 2.21 bits per heavy atom. The van der Waals surface area contributed by atoms with Crippen molar-refractivity contribution in [3.63, 3.8) is 0 Å². The molecular weight excluding hydrogens is 236 g/mol. The second-order valence-electron chi connectivity index (χ2n) is 4.71. The molecule has 0 bridgehead atoms. The number of hydrogen-bond acceptors (Lipinski definition) is 3. The molecule has 0 amide bonds. The average Bonchev–Trinajstić information content (AvgIpc) is 2.96. The van der Waals surface area contributed by atoms with Crippen molar-refractivity contribution in [1.29, 1.82) is 5.26 Å². The van der Waals surface area contributed by atoms with Crippen molar-refractivity contribution in [2.45, 2.75) is 32.4 Å². The molecule has 3 heteroatoms. The lowest BCUT2D eigenvalue weighted by Gasteiger charge is -2.13. The zero-order valence-electron chi connectivity index (χ0n) is 11.1. The third kappa shape index (κ3) is 4.27. The summed E-state index contributed by atoms with van der Waals surface area (Å²) in [5.74, 6) is 1.03. The topological polar surface area (TPSA) is 49.0 Å². The maximum atomic E-state index is 8.85. The van der Waals surface area contributed by atoms with Crippen LogP contribution in [0.1, 0.15) is 30.2 Å². The van der Waals surface area contributed by atoms with Crippen LogP contribution >= 0.6 is 0 Å². The molecule has 1 unspecified atom stereocenters. The van der Waals surface area contributed by atoms with Crippen molar-refractivity contribution in [2.24, 2.45) is 0 Å². The van der Waals surface area contributed by atoms with Gasteiger partial charge in [-0.25, -0.2) is 0 Å². The second kappa shape index (κ2) is 6.77. The molecule has 0 aliphatic rings. The summed E-state index contributed by atoms with van der Waals surface area (Å²) in [6.07, 6.45) is 3.69. The van der Waals surface area contributed by atoms with E-state index in [1.807, 2.05) is 36.4 Å². The lowest BCUT2D eigenvalue weighted by atomic mass is 10.1. The average molecular weight is 254 g/mol. The van der Waals surface area contributed by atoms with E-state index >= 15 is 0 Å². The van der Waals surface area contributed by atoms with Gasteiger partial charge in [0.1, 0.15) is 5.76 Å². The smallest absolute Gasteiger partial charge is 0.103 e. The lowest BCUT2D eigenvalue weighted by molar-refractivity contribution is 0.460. The van der Waals surface area contributed by atoms with Crippen molar-refractivity contribution in [2.75, 3.05) is 0 Å². The normalized spacial score (nSPS) is 12.0. The summed E-state index contributed by atoms with van der Waals surface area (Å²) < 4.78 is 5.31. The van der Waals surface area contributed by atoms with Crippen LogP contribution in [0, 0.1) is 11.3 Å². The number of hydrogen-bond donors (Lipinski definition) is 1. The Kier molecular flexibility index (Phi) is 4.77. The number of rotatable bonds is 6. The van der Waals surface area contributed by atoms with Crippen molar-refractivity contribution in [1.82, 2.24) is 5.32 Å². The minimum Gasteiger partial charge on any atom is -0.469 e. The first-order valence-electron chi connectivity index (χ1n) is 6.53. The molecule has 19 heavy (non-hydrogen) atoms. The van der Waals surface area contributed by atoms with Crippen LogP contribution in [0.3, 0.4) is 0 Å². The maximum absolute atomic E-state index is 8.85. The molecule has 2 rings (SSSR count). The summed E-state index contributed by atoms with van der Waals surface area (Å²) in [4.78, 5) is 0. The number of nitriles is 1. The van der Waals surface area contributed by atoms with Gasteiger partial charge in [0.15, 0.2) is 0 Å². The summed E-state index contributed by atoms with van der Waals surface area (Å²) in [5, 5.41) is 12.3. The molecule has 0 aliphatic heterocycles. The van der Waals surface area contributed by atoms with E-state index in [0.717, 1.165) is 30.7 Å². The number of furan rings is 1. The van der Waals surface area contributed by atoms with Crippen LogP contribution in [0.5, 0.6) is 0 Å². The predicted molar refractivity (Wildman–Crippen MR) is 74.5 cm³/mol. The first-order valence-corrected chi connectivity index (χ1v) is 6.53. The Morgan fingerprint density at radius 1 is 1.32 bits per heavy atom. The van der Waals surface area contributed by atoms with E-state index in [4.69, 9.17) is 9.68 Å². The molecule has 1 atom stereocenters. The monoisotopic (exact) mass is 254 g/mol. The first kappa shape index (κ1) is 13.4. The van der Waals surface area contributed by atoms with Crippen molar-refractivity contribution in [3.05, 3.63) is 59.5 Å². The quantitative estimate of drug-likeness (QED) is 0.860. The molecule has 1 aromatic heterocycles. The number of nitrogens with zero attached hydrogens (tertiary/aromatic N) is 1. The largest absolute Gasteiger partial charge is 0.469 e. The Labute approximate surface area is 113 Å². The Morgan fingerprint density at radius 3 is 2.95 bits per heavy atom. The highest BCUT2D eigenvalue weighted by molar-refractivity contribution is 5.32. The summed E-state index contributed by atoms with van der Waals surface area (Å²) >= 11 is 0. The molecule has 0 saturated carbocycles. The molecule has 98 valence electrons. The predicted octanol–water partition coefficient (Wildman–Crippen LogP) is 3.26. The fourth-order valence-electron chi connectivity index (χ4n) is 1.96. The molecule has 1 N–H and O–H groups in total. The third-order valence-corrected chi connectivity index (χ3v) is 3.11. The van der Waals surface area contributed by atoms with Gasteiger partial charge in [0, 0.05) is 19.0 Å². The molecule has 3 nitrogen and oxygen atoms in total. The Hall–Kier alpha value is -2.05. The zero-order chi connectivity index (χ0) is 13.5. The van der Waals surface area contributed by atoms with Crippen LogP contribution < -0.4 is 5.32 Å². The fourth-order valence-corrected chi connectivity index (χ4v) is 1.96. The van der Waals surface area contributed by atoms with Gasteiger partial charge in [0.2, 0.25) is 0 Å². The summed E-state index contributed by atoms with van der Waals surface area (Å²) in [7, 11) is 0. The minimum absolute atomic E-state index is 0.413. The van der Waals surface area contributed by atoms with Gasteiger partial charge in [-0.3, -0.25) is 0 Å². The van der Waals surface area contributed by atoms with Crippen LogP contribution in [-0.2, 0) is 13.0 Å². The van der Waals surface area contributed by atoms with E-state index in [9.17, 15) is 0 Å². The summed E-state index contributed by atoms with van der Waals surface area (Å²) in [6.45, 7) is 2.95. The van der Waals surface area contributed by atoms with Crippen LogP contribution in [0.25, 0.3) is 0 Å². The summed E-state index contributed by atoms with van der Waals surface area (Å²) in [5.41, 5.74) is 1.85. The van der Waals surface area contributed by atoms with Crippen molar-refractivity contribution >= 4 is 0 Å². The highest BCUT2D eigenvalue weighted by atomic mass is 16.3. The maximum Gasteiger partial charge on any atom is 0.103 e. The SMILES string of the molecule is CC(CCc1ccco1)NCc1cccc(C#N)c1. The van der Waals surface area contributed by atoms with E-state index in [1.165, 1.54) is 0 Å². The number of aryl methyl sites for hydroxylation is 1. The number of benzene rings is 1. The Bertz CT molecular complexity index is 540. The molecule has 0 aliphatic carbocycles. The van der Waals surface area contributed by atoms with E-state index in [2.05, 4.69) is 18.3 Å². The van der Waals surface area contributed by atoms with Gasteiger partial charge >= 0.3 is 0 Å². The fraction of sp³-hybridized carbons (Fsp3) is 0.312. The minimum atomic E-state index is 0.413. The van der Waals surface area contributed by atoms with Gasteiger partial charge in [0.05, 0.1) is 17.9 Å². The molecule has 0 spiro atoms. The zero-order valence-corrected chi connectivity index (χ0v) is 11.1. The molecule has 2 aromatic rings. The number of nitrogens with one attached hydrogen (secondary N) is 1. The van der Waals surface area contributed by atoms with E-state index < -0.39 is 0 Å². The van der Waals surface area contributed by atoms with Crippen LogP contribution in [-0.4, -0.2) is 6.04 Å². The van der Waals surface area contributed by atoms with Gasteiger partial charge < -0.3 is 9.73 Å². The molecule has 0 radical (unpaired) electrons. The Balaban J connectivity index is 1.76. The summed E-state index contributed by atoms with van der Waals surface area (Å²) in [6, 6.07) is 14.2. The second-order valence-corrected chi connectivity index (χ2v) is 4.71. The highest BCUT2D eigenvalue weighted by Gasteiger charge is 2.04. The van der Waals surface area contributed by atoms with Gasteiger partial charge in [-0.2, -0.15) is 5.26 Å². The molecule has 1 aromatic carbocycles. The molecular formula is C16H18N2O. The van der Waals surface area contributed by atoms with Gasteiger partial charge in [0.25, 0.3) is 0 Å². The molecule has 0 fully saturated rings. The van der Waals surface area contributed by atoms with Crippen molar-refractivity contribution in [3.8, 4) is 6.07 Å². The highest BCUT2D eigenvalue weighted by Crippen LogP contribution is 2.07. The molecule has 1 heterocycles. The van der Waals surface area contributed by atoms with Gasteiger partial charge in [-0.15, -0.1) is 0 Å². The van der Waals surface area contributed by atoms with E-state index in [-0.39, 0.29) is 0 Å². The third-order valence-electron chi connectivity index (χ3n) is 3.11. The van der Waals surface area contributed by atoms with Crippen LogP contribution in [0.15, 0.2) is 47.1 Å².